The van der Waals surface area contributed by atoms with Crippen LogP contribution in [0.5, 0.6) is 0 Å². The maximum absolute atomic E-state index is 10.5. The first-order chi connectivity index (χ1) is 12.2. The Bertz CT molecular complexity index is 439. The van der Waals surface area contributed by atoms with Gasteiger partial charge in [-0.05, 0) is 13.8 Å². The number of aliphatic hydroxyl groups excluding tert-OH is 7. The number of hydrogen-bond donors (Lipinski definition) is 7. The van der Waals surface area contributed by atoms with E-state index in [1.54, 1.807) is 13.8 Å². The molecule has 2 aliphatic rings. The summed E-state index contributed by atoms with van der Waals surface area (Å²) in [6.07, 6.45) is -10.7. The first-order valence-corrected chi connectivity index (χ1v) is 9.39. The van der Waals surface area contributed by atoms with Gasteiger partial charge >= 0.3 is 0 Å². The largest absolute Gasteiger partial charge is 0.394 e. The van der Waals surface area contributed by atoms with Crippen LogP contribution in [0, 0.1) is 0 Å². The van der Waals surface area contributed by atoms with Crippen LogP contribution in [0.2, 0.25) is 0 Å². The molecule has 7 N–H and O–H groups in total. The van der Waals surface area contributed by atoms with E-state index in [-0.39, 0.29) is 6.10 Å². The minimum Gasteiger partial charge on any atom is -0.394 e. The van der Waals surface area contributed by atoms with E-state index < -0.39 is 72.9 Å². The Hall–Kier alpha value is -0.0500. The van der Waals surface area contributed by atoms with Crippen LogP contribution in [0.1, 0.15) is 13.8 Å². The topological polar surface area (TPSA) is 169 Å². The van der Waals surface area contributed by atoms with Gasteiger partial charge in [0.15, 0.2) is 6.29 Å². The number of thioether (sulfide) groups is 1. The average Bonchev–Trinajstić information content (AvgIpc) is 2.60. The Labute approximate surface area is 155 Å². The molecule has 2 rings (SSSR count). The minimum atomic E-state index is -1.57. The van der Waals surface area contributed by atoms with Gasteiger partial charge in [-0.25, -0.2) is 0 Å². The lowest BCUT2D eigenvalue weighted by Crippen LogP contribution is -2.61. The Balaban J connectivity index is 2.15. The molecule has 0 aromatic heterocycles. The van der Waals surface area contributed by atoms with Crippen molar-refractivity contribution >= 4 is 11.8 Å². The maximum Gasteiger partial charge on any atom is 0.185 e. The molecule has 2 heterocycles. The normalized spacial score (nSPS) is 47.3. The second kappa shape index (κ2) is 9.43. The highest BCUT2D eigenvalue weighted by molar-refractivity contribution is 8.00. The van der Waals surface area contributed by atoms with Crippen molar-refractivity contribution in [3.8, 4) is 0 Å². The number of aliphatic hydroxyl groups is 7. The number of rotatable bonds is 6. The van der Waals surface area contributed by atoms with E-state index in [0.29, 0.717) is 0 Å². The predicted octanol–water partition coefficient (Wildman–Crippen LogP) is -3.25. The van der Waals surface area contributed by atoms with Crippen molar-refractivity contribution in [1.29, 1.82) is 0 Å². The summed E-state index contributed by atoms with van der Waals surface area (Å²) in [4.78, 5) is 0. The van der Waals surface area contributed by atoms with Gasteiger partial charge in [0.2, 0.25) is 0 Å². The zero-order valence-corrected chi connectivity index (χ0v) is 15.3. The average molecular weight is 400 g/mol. The Kier molecular flexibility index (Phi) is 8.07. The van der Waals surface area contributed by atoms with Crippen molar-refractivity contribution in [2.45, 2.75) is 79.7 Å². The molecule has 11 heteroatoms. The van der Waals surface area contributed by atoms with Crippen molar-refractivity contribution in [2.75, 3.05) is 13.2 Å². The highest BCUT2D eigenvalue weighted by Crippen LogP contribution is 2.38. The van der Waals surface area contributed by atoms with E-state index in [1.165, 1.54) is 0 Å². The van der Waals surface area contributed by atoms with Gasteiger partial charge in [0.25, 0.3) is 0 Å². The van der Waals surface area contributed by atoms with Crippen LogP contribution in [0.25, 0.3) is 0 Å². The van der Waals surface area contributed by atoms with Crippen LogP contribution >= 0.6 is 11.8 Å². The first kappa shape index (κ1) is 22.2. The highest BCUT2D eigenvalue weighted by atomic mass is 32.2. The molecule has 0 spiro atoms. The standard InChI is InChI=1S/C15H28O10S/c1-5(2)23-14-12(22)13(9(19)7(4-17)24-14)26-15-11(21)10(20)8(18)6(3-16)25-15/h5-22H,3-4H2,1-2H3/t6-,7-,8+,9-,10+,11-,12-,13+,14+,15+/m1/s1. The summed E-state index contributed by atoms with van der Waals surface area (Å²) in [7, 11) is 0. The summed E-state index contributed by atoms with van der Waals surface area (Å²) < 4.78 is 16.3. The zero-order chi connectivity index (χ0) is 19.6. The third-order valence-electron chi connectivity index (χ3n) is 4.37. The molecule has 0 radical (unpaired) electrons. The van der Waals surface area contributed by atoms with Gasteiger partial charge < -0.3 is 50.0 Å². The predicted molar refractivity (Wildman–Crippen MR) is 89.1 cm³/mol. The Morgan fingerprint density at radius 1 is 0.808 bits per heavy atom. The van der Waals surface area contributed by atoms with Crippen LogP contribution in [-0.2, 0) is 14.2 Å². The molecule has 10 nitrogen and oxygen atoms in total. The van der Waals surface area contributed by atoms with Crippen LogP contribution in [0.4, 0.5) is 0 Å². The van der Waals surface area contributed by atoms with Gasteiger partial charge in [-0.2, -0.15) is 0 Å². The molecule has 26 heavy (non-hydrogen) atoms. The van der Waals surface area contributed by atoms with E-state index >= 15 is 0 Å². The third-order valence-corrected chi connectivity index (χ3v) is 5.90. The van der Waals surface area contributed by atoms with Crippen molar-refractivity contribution in [2.24, 2.45) is 0 Å². The third kappa shape index (κ3) is 4.67. The van der Waals surface area contributed by atoms with Crippen molar-refractivity contribution in [3.05, 3.63) is 0 Å². The molecule has 0 aromatic carbocycles. The van der Waals surface area contributed by atoms with E-state index in [4.69, 9.17) is 14.2 Å². The van der Waals surface area contributed by atoms with Crippen molar-refractivity contribution < 1.29 is 50.0 Å². The molecule has 0 unspecified atom stereocenters. The molecule has 0 saturated carbocycles. The highest BCUT2D eigenvalue weighted by Gasteiger charge is 2.50. The lowest BCUT2D eigenvalue weighted by atomic mass is 10.0. The van der Waals surface area contributed by atoms with E-state index in [1.807, 2.05) is 0 Å². The summed E-state index contributed by atoms with van der Waals surface area (Å²) in [5.74, 6) is 0. The summed E-state index contributed by atoms with van der Waals surface area (Å²) >= 11 is 0.815. The zero-order valence-electron chi connectivity index (χ0n) is 14.5. The fourth-order valence-electron chi connectivity index (χ4n) is 2.93. The summed E-state index contributed by atoms with van der Waals surface area (Å²) in [5.41, 5.74) is -1.14. The summed E-state index contributed by atoms with van der Waals surface area (Å²) in [6.45, 7) is 2.36. The van der Waals surface area contributed by atoms with Crippen LogP contribution < -0.4 is 0 Å². The Morgan fingerprint density at radius 3 is 1.92 bits per heavy atom. The number of hydrogen-bond acceptors (Lipinski definition) is 11. The molecule has 0 aromatic rings. The fraction of sp³-hybridized carbons (Fsp3) is 1.00. The van der Waals surface area contributed by atoms with Gasteiger partial charge in [-0.15, -0.1) is 11.8 Å². The van der Waals surface area contributed by atoms with E-state index in [2.05, 4.69) is 0 Å². The maximum atomic E-state index is 10.5. The smallest absolute Gasteiger partial charge is 0.185 e. The molecule has 0 aliphatic carbocycles. The molecule has 2 fully saturated rings. The molecule has 0 amide bonds. The summed E-state index contributed by atoms with van der Waals surface area (Å²) in [6, 6.07) is 0. The van der Waals surface area contributed by atoms with E-state index in [0.717, 1.165) is 11.8 Å². The minimum absolute atomic E-state index is 0.290. The van der Waals surface area contributed by atoms with Gasteiger partial charge in [-0.1, -0.05) is 0 Å². The molecule has 2 aliphatic heterocycles. The summed E-state index contributed by atoms with van der Waals surface area (Å²) in [5, 5.41) is 68.4. The lowest BCUT2D eigenvalue weighted by Gasteiger charge is -2.45. The van der Waals surface area contributed by atoms with Gasteiger partial charge in [0, 0.05) is 0 Å². The quantitative estimate of drug-likeness (QED) is 0.239. The number of ether oxygens (including phenoxy) is 3. The van der Waals surface area contributed by atoms with Gasteiger partial charge in [-0.3, -0.25) is 0 Å². The van der Waals surface area contributed by atoms with Crippen LogP contribution in [0.3, 0.4) is 0 Å². The van der Waals surface area contributed by atoms with Crippen LogP contribution in [-0.4, -0.2) is 115 Å². The second-order valence-corrected chi connectivity index (χ2v) is 7.97. The molecule has 0 bridgehead atoms. The molecule has 154 valence electrons. The molecular formula is C15H28O10S. The lowest BCUT2D eigenvalue weighted by molar-refractivity contribution is -0.277. The van der Waals surface area contributed by atoms with Gasteiger partial charge in [0.05, 0.1) is 30.7 Å². The fourth-order valence-corrected chi connectivity index (χ4v) is 4.39. The molecule has 10 atom stereocenters. The molecule has 2 saturated heterocycles. The van der Waals surface area contributed by atoms with Gasteiger partial charge in [0.1, 0.15) is 42.1 Å². The SMILES string of the molecule is CC(C)O[C@H]1O[C@H](CO)[C@@H](O)[C@H](S[C@@H]2O[C@H](CO)[C@H](O)[C@H](O)[C@H]2O)[C@H]1O. The molecular weight excluding hydrogens is 372 g/mol. The van der Waals surface area contributed by atoms with Crippen molar-refractivity contribution in [1.82, 2.24) is 0 Å². The van der Waals surface area contributed by atoms with E-state index in [9.17, 15) is 35.7 Å². The van der Waals surface area contributed by atoms with Crippen molar-refractivity contribution in [3.63, 3.8) is 0 Å². The first-order valence-electron chi connectivity index (χ1n) is 8.45. The Morgan fingerprint density at radius 2 is 1.38 bits per heavy atom. The second-order valence-electron chi connectivity index (χ2n) is 6.69. The van der Waals surface area contributed by atoms with Crippen LogP contribution in [0.15, 0.2) is 0 Å². The monoisotopic (exact) mass is 400 g/mol.